The van der Waals surface area contributed by atoms with Crippen LogP contribution in [-0.4, -0.2) is 14.9 Å². The van der Waals surface area contributed by atoms with E-state index in [0.29, 0.717) is 16.7 Å². The molecule has 0 saturated carbocycles. The van der Waals surface area contributed by atoms with Crippen molar-refractivity contribution >= 4 is 28.1 Å². The van der Waals surface area contributed by atoms with Crippen molar-refractivity contribution in [2.45, 2.75) is 6.92 Å². The third-order valence-corrected chi connectivity index (χ3v) is 4.16. The fraction of sp³-hybridized carbons (Fsp3) is 0.0476. The van der Waals surface area contributed by atoms with Gasteiger partial charge in [0.15, 0.2) is 0 Å². The van der Waals surface area contributed by atoms with E-state index in [9.17, 15) is 10.1 Å². The highest BCUT2D eigenvalue weighted by Crippen LogP contribution is 2.30. The molecular weight excluding hydrogens is 356 g/mol. The van der Waals surface area contributed by atoms with Crippen LogP contribution in [0.15, 0.2) is 67.0 Å². The molecule has 3 aromatic carbocycles. The minimum Gasteiger partial charge on any atom is -0.457 e. The van der Waals surface area contributed by atoms with E-state index >= 15 is 0 Å². The molecule has 1 radical (unpaired) electrons. The Morgan fingerprint density at radius 3 is 2.68 bits per heavy atom. The molecule has 1 heterocycles. The fourth-order valence-corrected chi connectivity index (χ4v) is 2.79. The third-order valence-electron chi connectivity index (χ3n) is 4.16. The summed E-state index contributed by atoms with van der Waals surface area (Å²) in [5.74, 6) is 1.99. The van der Waals surface area contributed by atoms with Gasteiger partial charge in [0.25, 0.3) is 5.69 Å². The SMILES string of the molecule is Cc1cc(Nc2ncnc3c[c]c([N+](=O)[O-])cc23)ccc1Oc1ccccc1. The van der Waals surface area contributed by atoms with Crippen molar-refractivity contribution in [3.8, 4) is 11.5 Å². The molecule has 1 aromatic heterocycles. The number of hydrogen-bond donors (Lipinski definition) is 1. The molecule has 0 aliphatic heterocycles. The second kappa shape index (κ2) is 7.32. The van der Waals surface area contributed by atoms with E-state index < -0.39 is 4.92 Å². The van der Waals surface area contributed by atoms with E-state index in [4.69, 9.17) is 4.74 Å². The molecule has 0 amide bonds. The maximum Gasteiger partial charge on any atom is 0.278 e. The van der Waals surface area contributed by atoms with Crippen molar-refractivity contribution in [3.05, 3.63) is 88.7 Å². The Morgan fingerprint density at radius 2 is 1.93 bits per heavy atom. The lowest BCUT2D eigenvalue weighted by Crippen LogP contribution is -1.98. The molecular formula is C21H15N4O3. The lowest BCUT2D eigenvalue weighted by atomic mass is 10.1. The Balaban J connectivity index is 1.63. The summed E-state index contributed by atoms with van der Waals surface area (Å²) < 4.78 is 5.89. The molecule has 1 N–H and O–H groups in total. The molecule has 0 unspecified atom stereocenters. The van der Waals surface area contributed by atoms with Gasteiger partial charge >= 0.3 is 0 Å². The average Bonchev–Trinajstić information content (AvgIpc) is 2.71. The molecule has 0 aliphatic rings. The van der Waals surface area contributed by atoms with Crippen molar-refractivity contribution in [3.63, 3.8) is 0 Å². The summed E-state index contributed by atoms with van der Waals surface area (Å²) in [4.78, 5) is 18.9. The maximum absolute atomic E-state index is 11.0. The number of non-ortho nitro benzene ring substituents is 1. The van der Waals surface area contributed by atoms with Gasteiger partial charge in [-0.15, -0.1) is 0 Å². The minimum atomic E-state index is -0.490. The van der Waals surface area contributed by atoms with Gasteiger partial charge in [-0.1, -0.05) is 18.2 Å². The van der Waals surface area contributed by atoms with Gasteiger partial charge in [0.1, 0.15) is 23.6 Å². The first-order chi connectivity index (χ1) is 13.6. The summed E-state index contributed by atoms with van der Waals surface area (Å²) >= 11 is 0. The maximum atomic E-state index is 11.0. The van der Waals surface area contributed by atoms with Crippen LogP contribution in [0.5, 0.6) is 11.5 Å². The van der Waals surface area contributed by atoms with E-state index in [2.05, 4.69) is 21.4 Å². The molecule has 4 aromatic rings. The van der Waals surface area contributed by atoms with Gasteiger partial charge < -0.3 is 10.1 Å². The van der Waals surface area contributed by atoms with Crippen molar-refractivity contribution in [2.24, 2.45) is 0 Å². The van der Waals surface area contributed by atoms with Crippen LogP contribution < -0.4 is 10.1 Å². The third kappa shape index (κ3) is 3.59. The topological polar surface area (TPSA) is 90.2 Å². The number of nitrogens with zero attached hydrogens (tertiary/aromatic N) is 3. The molecule has 4 rings (SSSR count). The number of nitro groups is 1. The first-order valence-electron chi connectivity index (χ1n) is 8.51. The smallest absolute Gasteiger partial charge is 0.278 e. The quantitative estimate of drug-likeness (QED) is 0.384. The normalized spacial score (nSPS) is 10.6. The Labute approximate surface area is 160 Å². The Hall–Kier alpha value is -4.00. The van der Waals surface area contributed by atoms with Gasteiger partial charge in [0.05, 0.1) is 16.5 Å². The summed E-state index contributed by atoms with van der Waals surface area (Å²) in [6.07, 6.45) is 1.41. The molecule has 137 valence electrons. The van der Waals surface area contributed by atoms with Crippen LogP contribution in [0.25, 0.3) is 10.9 Å². The van der Waals surface area contributed by atoms with Crippen molar-refractivity contribution < 1.29 is 9.66 Å². The zero-order valence-corrected chi connectivity index (χ0v) is 14.9. The van der Waals surface area contributed by atoms with Crippen LogP contribution in [0.1, 0.15) is 5.56 Å². The van der Waals surface area contributed by atoms with E-state index in [0.717, 1.165) is 22.7 Å². The van der Waals surface area contributed by atoms with Crippen molar-refractivity contribution in [1.29, 1.82) is 0 Å². The molecule has 0 bridgehead atoms. The number of benzene rings is 3. The number of aryl methyl sites for hydroxylation is 1. The first kappa shape index (κ1) is 17.4. The van der Waals surface area contributed by atoms with Gasteiger partial charge in [-0.25, -0.2) is 9.97 Å². The Kier molecular flexibility index (Phi) is 4.55. The number of fused-ring (bicyclic) bond motifs is 1. The Morgan fingerprint density at radius 1 is 1.11 bits per heavy atom. The first-order valence-corrected chi connectivity index (χ1v) is 8.51. The van der Waals surface area contributed by atoms with Crippen LogP contribution in [0.2, 0.25) is 0 Å². The average molecular weight is 371 g/mol. The number of ether oxygens (including phenoxy) is 1. The van der Waals surface area contributed by atoms with Crippen LogP contribution in [-0.2, 0) is 0 Å². The van der Waals surface area contributed by atoms with Crippen LogP contribution in [0, 0.1) is 23.1 Å². The highest BCUT2D eigenvalue weighted by molar-refractivity contribution is 5.92. The standard InChI is InChI=1S/C21H15N4O3/c1-14-11-15(7-10-20(14)28-17-5-3-2-4-6-17)24-21-18-12-16(25(26)27)8-9-19(18)22-13-23-21/h2-7,9-13H,1H3,(H,22,23,24). The van der Waals surface area contributed by atoms with Gasteiger partial charge in [-0.3, -0.25) is 10.1 Å². The lowest BCUT2D eigenvalue weighted by molar-refractivity contribution is -0.385. The van der Waals surface area contributed by atoms with Crippen LogP contribution in [0.3, 0.4) is 0 Å². The predicted molar refractivity (Wildman–Crippen MR) is 106 cm³/mol. The highest BCUT2D eigenvalue weighted by atomic mass is 16.6. The molecule has 28 heavy (non-hydrogen) atoms. The molecule has 7 heteroatoms. The van der Waals surface area contributed by atoms with Gasteiger partial charge in [-0.05, 0) is 48.9 Å². The number of rotatable bonds is 5. The molecule has 0 spiro atoms. The summed E-state index contributed by atoms with van der Waals surface area (Å²) in [5, 5.41) is 14.8. The molecule has 0 saturated heterocycles. The van der Waals surface area contributed by atoms with E-state index in [-0.39, 0.29) is 5.69 Å². The minimum absolute atomic E-state index is 0.131. The van der Waals surface area contributed by atoms with Crippen LogP contribution in [0.4, 0.5) is 17.2 Å². The number of nitrogens with one attached hydrogen (secondary N) is 1. The summed E-state index contributed by atoms with van der Waals surface area (Å²) in [7, 11) is 0. The number of hydrogen-bond acceptors (Lipinski definition) is 6. The number of aromatic nitrogens is 2. The Bertz CT molecular complexity index is 1160. The van der Waals surface area contributed by atoms with E-state index in [1.54, 1.807) is 0 Å². The van der Waals surface area contributed by atoms with E-state index in [1.165, 1.54) is 18.5 Å². The van der Waals surface area contributed by atoms with Crippen molar-refractivity contribution in [1.82, 2.24) is 9.97 Å². The predicted octanol–water partition coefficient (Wildman–Crippen LogP) is 5.18. The molecule has 0 aliphatic carbocycles. The monoisotopic (exact) mass is 371 g/mol. The van der Waals surface area contributed by atoms with Gasteiger partial charge in [0.2, 0.25) is 0 Å². The lowest BCUT2D eigenvalue weighted by Gasteiger charge is -2.12. The number of anilines is 2. The van der Waals surface area contributed by atoms with Gasteiger partial charge in [0, 0.05) is 17.1 Å². The van der Waals surface area contributed by atoms with Crippen molar-refractivity contribution in [2.75, 3.05) is 5.32 Å². The largest absolute Gasteiger partial charge is 0.457 e. The number of nitro benzene ring substituents is 1. The summed E-state index contributed by atoms with van der Waals surface area (Å²) in [5.41, 5.74) is 2.16. The van der Waals surface area contributed by atoms with Gasteiger partial charge in [-0.2, -0.15) is 0 Å². The second-order valence-corrected chi connectivity index (χ2v) is 6.12. The zero-order chi connectivity index (χ0) is 19.5. The molecule has 0 fully saturated rings. The molecule has 7 nitrogen and oxygen atoms in total. The van der Waals surface area contributed by atoms with E-state index in [1.807, 2.05) is 55.5 Å². The number of para-hydroxylation sites is 1. The summed E-state index contributed by atoms with van der Waals surface area (Å²) in [6.45, 7) is 1.95. The molecule has 0 atom stereocenters. The highest BCUT2D eigenvalue weighted by Gasteiger charge is 2.12. The fourth-order valence-electron chi connectivity index (χ4n) is 2.79. The van der Waals surface area contributed by atoms with Crippen LogP contribution >= 0.6 is 0 Å². The summed E-state index contributed by atoms with van der Waals surface area (Å²) in [6, 6.07) is 20.7. The zero-order valence-electron chi connectivity index (χ0n) is 14.9. The second-order valence-electron chi connectivity index (χ2n) is 6.12.